The molecule has 1 rings (SSSR count). The molecule has 0 spiro atoms. The van der Waals surface area contributed by atoms with Gasteiger partial charge in [-0.25, -0.2) is 8.42 Å². The summed E-state index contributed by atoms with van der Waals surface area (Å²) >= 11 is 0. The Labute approximate surface area is 102 Å². The number of aryl methyl sites for hydroxylation is 2. The predicted molar refractivity (Wildman–Crippen MR) is 66.1 cm³/mol. The van der Waals surface area contributed by atoms with Crippen molar-refractivity contribution < 1.29 is 8.42 Å². The van der Waals surface area contributed by atoms with Crippen LogP contribution in [0.4, 0.5) is 0 Å². The van der Waals surface area contributed by atoms with Crippen LogP contribution in [0.5, 0.6) is 0 Å². The van der Waals surface area contributed by atoms with Gasteiger partial charge < -0.3 is 5.73 Å². The van der Waals surface area contributed by atoms with Crippen molar-refractivity contribution in [1.82, 2.24) is 14.5 Å². The molecule has 0 amide bonds. The lowest BCUT2D eigenvalue weighted by atomic mass is 10.1. The van der Waals surface area contributed by atoms with Gasteiger partial charge in [-0.15, -0.1) is 0 Å². The summed E-state index contributed by atoms with van der Waals surface area (Å²) in [4.78, 5) is 0.238. The first-order valence-electron chi connectivity index (χ1n) is 5.35. The molecule has 0 aliphatic rings. The van der Waals surface area contributed by atoms with Gasteiger partial charge in [0.15, 0.2) is 0 Å². The summed E-state index contributed by atoms with van der Waals surface area (Å²) in [7, 11) is -2.03. The molecule has 0 atom stereocenters. The maximum atomic E-state index is 12.5. The third kappa shape index (κ3) is 2.36. The fraction of sp³-hybridized carbons (Fsp3) is 0.700. The molecule has 98 valence electrons. The minimum absolute atomic E-state index is 0.238. The number of nitrogens with two attached hydrogens (primary N) is 1. The summed E-state index contributed by atoms with van der Waals surface area (Å²) in [6.45, 7) is 7.18. The number of hydrogen-bond donors (Lipinski definition) is 2. The molecule has 0 fully saturated rings. The van der Waals surface area contributed by atoms with Crippen molar-refractivity contribution in [2.45, 2.75) is 38.1 Å². The Hall–Kier alpha value is -0.920. The number of aromatic amines is 1. The van der Waals surface area contributed by atoms with Crippen LogP contribution in [0.25, 0.3) is 0 Å². The summed E-state index contributed by atoms with van der Waals surface area (Å²) in [5, 5.41) is 6.59. The van der Waals surface area contributed by atoms with Gasteiger partial charge in [0.05, 0.1) is 11.4 Å². The number of sulfonamides is 1. The third-order valence-corrected chi connectivity index (χ3v) is 5.36. The largest absolute Gasteiger partial charge is 0.329 e. The highest BCUT2D eigenvalue weighted by Crippen LogP contribution is 2.25. The quantitative estimate of drug-likeness (QED) is 0.819. The Morgan fingerprint density at radius 1 is 1.41 bits per heavy atom. The van der Waals surface area contributed by atoms with Crippen molar-refractivity contribution in [1.29, 1.82) is 0 Å². The van der Waals surface area contributed by atoms with Gasteiger partial charge in [0.25, 0.3) is 0 Å². The van der Waals surface area contributed by atoms with Crippen LogP contribution >= 0.6 is 0 Å². The zero-order valence-corrected chi connectivity index (χ0v) is 11.7. The highest BCUT2D eigenvalue weighted by Gasteiger charge is 2.35. The first-order chi connectivity index (χ1) is 7.64. The van der Waals surface area contributed by atoms with Gasteiger partial charge in [0, 0.05) is 19.1 Å². The number of aromatic nitrogens is 2. The summed E-state index contributed by atoms with van der Waals surface area (Å²) in [5.41, 5.74) is 5.99. The second-order valence-electron chi connectivity index (χ2n) is 4.75. The van der Waals surface area contributed by atoms with Gasteiger partial charge in [-0.2, -0.15) is 9.40 Å². The highest BCUT2D eigenvalue weighted by atomic mass is 32.2. The van der Waals surface area contributed by atoms with Crippen LogP contribution < -0.4 is 5.73 Å². The van der Waals surface area contributed by atoms with Gasteiger partial charge in [-0.3, -0.25) is 5.10 Å². The molecule has 0 saturated carbocycles. The molecule has 17 heavy (non-hydrogen) atoms. The molecule has 1 aromatic rings. The second kappa shape index (κ2) is 4.40. The topological polar surface area (TPSA) is 92.1 Å². The summed E-state index contributed by atoms with van der Waals surface area (Å²) in [5.74, 6) is 0. The Morgan fingerprint density at radius 3 is 2.29 bits per heavy atom. The number of H-pyrrole nitrogens is 1. The van der Waals surface area contributed by atoms with E-state index in [4.69, 9.17) is 5.73 Å². The molecular weight excluding hydrogens is 240 g/mol. The maximum Gasteiger partial charge on any atom is 0.247 e. The zero-order valence-electron chi connectivity index (χ0n) is 10.9. The van der Waals surface area contributed by atoms with Gasteiger partial charge in [-0.05, 0) is 27.7 Å². The molecule has 7 heteroatoms. The number of rotatable bonds is 4. The first-order valence-corrected chi connectivity index (χ1v) is 6.79. The van der Waals surface area contributed by atoms with E-state index in [0.29, 0.717) is 11.4 Å². The highest BCUT2D eigenvalue weighted by molar-refractivity contribution is 7.89. The van der Waals surface area contributed by atoms with E-state index in [2.05, 4.69) is 10.2 Å². The zero-order chi connectivity index (χ0) is 13.4. The van der Waals surface area contributed by atoms with Gasteiger partial charge in [-0.1, -0.05) is 0 Å². The van der Waals surface area contributed by atoms with Crippen molar-refractivity contribution in [3.05, 3.63) is 11.4 Å². The number of likely N-dealkylation sites (N-methyl/N-ethyl adjacent to an activating group) is 1. The Morgan fingerprint density at radius 2 is 1.94 bits per heavy atom. The van der Waals surface area contributed by atoms with Crippen molar-refractivity contribution in [3.8, 4) is 0 Å². The lowest BCUT2D eigenvalue weighted by molar-refractivity contribution is 0.273. The van der Waals surface area contributed by atoms with Crippen LogP contribution in [-0.2, 0) is 10.0 Å². The van der Waals surface area contributed by atoms with E-state index in [1.165, 1.54) is 11.4 Å². The van der Waals surface area contributed by atoms with E-state index in [9.17, 15) is 8.42 Å². The van der Waals surface area contributed by atoms with E-state index >= 15 is 0 Å². The maximum absolute atomic E-state index is 12.5. The van der Waals surface area contributed by atoms with E-state index in [-0.39, 0.29) is 11.4 Å². The molecule has 1 aromatic heterocycles. The van der Waals surface area contributed by atoms with E-state index in [1.54, 1.807) is 27.7 Å². The van der Waals surface area contributed by atoms with E-state index in [1.807, 2.05) is 0 Å². The molecule has 0 aliphatic carbocycles. The number of nitrogens with one attached hydrogen (secondary N) is 1. The summed E-state index contributed by atoms with van der Waals surface area (Å²) in [6, 6.07) is 0. The van der Waals surface area contributed by atoms with Crippen molar-refractivity contribution in [2.24, 2.45) is 5.73 Å². The molecule has 0 aromatic carbocycles. The Balaban J connectivity index is 3.31. The second-order valence-corrected chi connectivity index (χ2v) is 6.66. The summed E-state index contributed by atoms with van der Waals surface area (Å²) in [6.07, 6.45) is 0. The number of hydrogen-bond acceptors (Lipinski definition) is 4. The molecule has 1 heterocycles. The fourth-order valence-electron chi connectivity index (χ4n) is 1.51. The molecular formula is C10H20N4O2S. The van der Waals surface area contributed by atoms with Crippen LogP contribution in [0, 0.1) is 13.8 Å². The lowest BCUT2D eigenvalue weighted by Crippen LogP contribution is -2.50. The molecule has 0 bridgehead atoms. The van der Waals surface area contributed by atoms with Crippen LogP contribution in [0.2, 0.25) is 0 Å². The van der Waals surface area contributed by atoms with Crippen LogP contribution in [0.3, 0.4) is 0 Å². The van der Waals surface area contributed by atoms with E-state index < -0.39 is 15.6 Å². The van der Waals surface area contributed by atoms with Crippen molar-refractivity contribution in [2.75, 3.05) is 13.6 Å². The fourth-order valence-corrected chi connectivity index (χ4v) is 3.36. The lowest BCUT2D eigenvalue weighted by Gasteiger charge is -2.33. The average Bonchev–Trinajstić information content (AvgIpc) is 2.57. The SMILES string of the molecule is Cc1n[nH]c(C)c1S(=O)(=O)N(C)C(C)(C)CN. The molecule has 0 unspecified atom stereocenters. The minimum Gasteiger partial charge on any atom is -0.329 e. The van der Waals surface area contributed by atoms with Crippen molar-refractivity contribution >= 4 is 10.0 Å². The Bertz CT molecular complexity index is 485. The first kappa shape index (κ1) is 14.1. The molecule has 3 N–H and O–H groups in total. The predicted octanol–water partition coefficient (Wildman–Crippen LogP) is 0.384. The van der Waals surface area contributed by atoms with Gasteiger partial charge in [0.1, 0.15) is 4.90 Å². The van der Waals surface area contributed by atoms with Gasteiger partial charge in [0.2, 0.25) is 10.0 Å². The van der Waals surface area contributed by atoms with Crippen molar-refractivity contribution in [3.63, 3.8) is 0 Å². The van der Waals surface area contributed by atoms with Gasteiger partial charge >= 0.3 is 0 Å². The molecule has 0 aliphatic heterocycles. The minimum atomic E-state index is -3.57. The molecule has 0 radical (unpaired) electrons. The Kier molecular flexibility index (Phi) is 3.66. The van der Waals surface area contributed by atoms with Crippen LogP contribution in [0.1, 0.15) is 25.2 Å². The number of nitrogens with zero attached hydrogens (tertiary/aromatic N) is 2. The van der Waals surface area contributed by atoms with Crippen LogP contribution in [0.15, 0.2) is 4.90 Å². The monoisotopic (exact) mass is 260 g/mol. The molecule has 0 saturated heterocycles. The summed E-state index contributed by atoms with van der Waals surface area (Å²) < 4.78 is 26.2. The van der Waals surface area contributed by atoms with Crippen LogP contribution in [-0.4, -0.2) is 42.1 Å². The average molecular weight is 260 g/mol. The smallest absolute Gasteiger partial charge is 0.247 e. The molecule has 6 nitrogen and oxygen atoms in total. The normalized spacial score (nSPS) is 13.4. The van der Waals surface area contributed by atoms with E-state index in [0.717, 1.165) is 0 Å². The standard InChI is InChI=1S/C10H20N4O2S/c1-7-9(8(2)13-12-7)17(15,16)14(5)10(3,4)6-11/h6,11H2,1-5H3,(H,12,13). The third-order valence-electron chi connectivity index (χ3n) is 3.03.